The van der Waals surface area contributed by atoms with Gasteiger partial charge in [0, 0.05) is 21.1 Å². The van der Waals surface area contributed by atoms with Gasteiger partial charge in [-0.2, -0.15) is 0 Å². The molecular weight excluding hydrogens is 400 g/mol. The van der Waals surface area contributed by atoms with Gasteiger partial charge in [0.2, 0.25) is 5.89 Å². The van der Waals surface area contributed by atoms with E-state index in [9.17, 15) is 9.90 Å². The molecule has 6 nitrogen and oxygen atoms in total. The highest BCUT2D eigenvalue weighted by atomic mass is 35.5. The minimum absolute atomic E-state index is 0.0578. The van der Waals surface area contributed by atoms with Gasteiger partial charge in [-0.15, -0.1) is 16.6 Å². The summed E-state index contributed by atoms with van der Waals surface area (Å²) in [6.45, 7) is 0.0623. The van der Waals surface area contributed by atoms with Crippen molar-refractivity contribution in [3.63, 3.8) is 0 Å². The molecule has 0 amide bonds. The summed E-state index contributed by atoms with van der Waals surface area (Å²) in [5, 5.41) is 20.0. The molecule has 2 aromatic carbocycles. The Morgan fingerprint density at radius 1 is 1.25 bits per heavy atom. The van der Waals surface area contributed by atoms with Crippen LogP contribution in [0.5, 0.6) is 5.75 Å². The lowest BCUT2D eigenvalue weighted by atomic mass is 10.2. The smallest absolute Gasteiger partial charge is 0.281 e. The number of para-hydroxylation sites is 1. The Kier molecular flexibility index (Phi) is 6.37. The number of thioether (sulfide) groups is 1. The molecule has 0 saturated carbocycles. The summed E-state index contributed by atoms with van der Waals surface area (Å²) in [5.74, 6) is 1.67. The first kappa shape index (κ1) is 19.5. The summed E-state index contributed by atoms with van der Waals surface area (Å²) in [5.41, 5.74) is 1.19. The third-order valence-corrected chi connectivity index (χ3v) is 4.51. The Morgan fingerprint density at radius 2 is 2.00 bits per heavy atom. The Bertz CT molecular complexity index is 1050. The number of hydrogen-bond donors (Lipinski definition) is 0. The second-order valence-electron chi connectivity index (χ2n) is 5.31. The largest absolute Gasteiger partial charge is 0.544 e. The Labute approximate surface area is 170 Å². The van der Waals surface area contributed by atoms with Crippen LogP contribution >= 0.6 is 23.4 Å². The first-order valence-electron chi connectivity index (χ1n) is 7.92. The summed E-state index contributed by atoms with van der Waals surface area (Å²) in [6, 6.07) is 13.7. The maximum Gasteiger partial charge on any atom is 0.281 e. The number of aliphatic carboxylic acids is 1. The van der Waals surface area contributed by atoms with E-state index in [1.165, 1.54) is 6.08 Å². The van der Waals surface area contributed by atoms with E-state index in [0.29, 0.717) is 21.9 Å². The molecule has 0 unspecified atom stereocenters. The van der Waals surface area contributed by atoms with Gasteiger partial charge in [0.1, 0.15) is 12.4 Å². The second kappa shape index (κ2) is 9.13. The van der Waals surface area contributed by atoms with E-state index in [2.05, 4.69) is 16.1 Å². The predicted molar refractivity (Wildman–Crippen MR) is 104 cm³/mol. The van der Waals surface area contributed by atoms with Gasteiger partial charge in [-0.1, -0.05) is 35.7 Å². The number of carboxylic acid groups (broad SMARTS) is 1. The van der Waals surface area contributed by atoms with Crippen LogP contribution in [0.15, 0.2) is 63.1 Å². The lowest BCUT2D eigenvalue weighted by Crippen LogP contribution is -2.23. The molecular formula is C20H12ClN2O4S-. The summed E-state index contributed by atoms with van der Waals surface area (Å²) < 4.78 is 11.0. The number of hydrogen-bond acceptors (Lipinski definition) is 7. The first-order chi connectivity index (χ1) is 13.6. The van der Waals surface area contributed by atoms with Gasteiger partial charge < -0.3 is 19.1 Å². The maximum absolute atomic E-state index is 11.6. The zero-order chi connectivity index (χ0) is 19.9. The molecule has 0 N–H and O–H groups in total. The molecule has 0 aliphatic heterocycles. The van der Waals surface area contributed by atoms with E-state index in [1.54, 1.807) is 48.5 Å². The van der Waals surface area contributed by atoms with Crippen molar-refractivity contribution < 1.29 is 19.1 Å². The zero-order valence-electron chi connectivity index (χ0n) is 14.3. The number of aromatic nitrogens is 2. The van der Waals surface area contributed by atoms with E-state index in [0.717, 1.165) is 11.8 Å². The first-order valence-corrected chi connectivity index (χ1v) is 9.12. The molecule has 8 heteroatoms. The van der Waals surface area contributed by atoms with Crippen LogP contribution in [0.2, 0.25) is 5.02 Å². The van der Waals surface area contributed by atoms with Gasteiger partial charge in [-0.3, -0.25) is 0 Å². The monoisotopic (exact) mass is 411 g/mol. The number of halogens is 1. The fraction of sp³-hybridized carbons (Fsp3) is 0.0500. The molecule has 0 aliphatic rings. The van der Waals surface area contributed by atoms with Crippen LogP contribution in [0.4, 0.5) is 0 Å². The van der Waals surface area contributed by atoms with Crippen LogP contribution in [-0.2, 0) is 4.79 Å². The van der Waals surface area contributed by atoms with Crippen molar-refractivity contribution in [1.82, 2.24) is 10.2 Å². The summed E-state index contributed by atoms with van der Waals surface area (Å²) in [7, 11) is 0. The van der Waals surface area contributed by atoms with Crippen molar-refractivity contribution in [2.24, 2.45) is 0 Å². The van der Waals surface area contributed by atoms with E-state index in [4.69, 9.17) is 27.2 Å². The molecule has 0 bridgehead atoms. The van der Waals surface area contributed by atoms with Crippen LogP contribution < -0.4 is 9.84 Å². The number of benzene rings is 2. The van der Waals surface area contributed by atoms with Gasteiger partial charge in [-0.05, 0) is 48.2 Å². The maximum atomic E-state index is 11.6. The summed E-state index contributed by atoms with van der Waals surface area (Å²) in [6.07, 6.45) is 6.60. The van der Waals surface area contributed by atoms with Crippen LogP contribution in [-0.4, -0.2) is 22.8 Å². The molecule has 0 spiro atoms. The lowest BCUT2D eigenvalue weighted by molar-refractivity contribution is -0.298. The number of ether oxygens (including phenoxy) is 1. The summed E-state index contributed by atoms with van der Waals surface area (Å²) in [4.78, 5) is 11.4. The van der Waals surface area contributed by atoms with E-state index in [-0.39, 0.29) is 22.6 Å². The van der Waals surface area contributed by atoms with Crippen LogP contribution in [0.1, 0.15) is 5.56 Å². The quantitative estimate of drug-likeness (QED) is 0.335. The topological polar surface area (TPSA) is 88.3 Å². The number of carbonyl (C=O) groups excluding carboxylic acids is 1. The highest BCUT2D eigenvalue weighted by Gasteiger charge is 2.13. The Balaban J connectivity index is 1.85. The fourth-order valence-corrected chi connectivity index (χ4v) is 2.96. The Hall–Kier alpha value is -3.21. The van der Waals surface area contributed by atoms with E-state index >= 15 is 0 Å². The molecule has 0 atom stereocenters. The molecule has 0 radical (unpaired) electrons. The number of carboxylic acids is 1. The van der Waals surface area contributed by atoms with Gasteiger partial charge in [0.25, 0.3) is 5.22 Å². The minimum Gasteiger partial charge on any atom is -0.544 e. The van der Waals surface area contributed by atoms with E-state index < -0.39 is 5.97 Å². The lowest BCUT2D eigenvalue weighted by Gasteiger charge is -2.09. The van der Waals surface area contributed by atoms with Crippen molar-refractivity contribution in [1.29, 1.82) is 0 Å². The van der Waals surface area contributed by atoms with Crippen LogP contribution in [0, 0.1) is 12.3 Å². The highest BCUT2D eigenvalue weighted by Crippen LogP contribution is 2.31. The average Bonchev–Trinajstić information content (AvgIpc) is 3.16. The molecule has 0 fully saturated rings. The van der Waals surface area contributed by atoms with E-state index in [1.807, 2.05) is 0 Å². The molecule has 1 heterocycles. The van der Waals surface area contributed by atoms with Crippen LogP contribution in [0.25, 0.3) is 17.5 Å². The van der Waals surface area contributed by atoms with Crippen molar-refractivity contribution in [2.75, 3.05) is 6.61 Å². The van der Waals surface area contributed by atoms with Crippen molar-refractivity contribution in [3.05, 3.63) is 64.0 Å². The average molecular weight is 412 g/mol. The highest BCUT2D eigenvalue weighted by molar-refractivity contribution is 8.03. The molecule has 0 aliphatic carbocycles. The normalized spacial score (nSPS) is 11.1. The van der Waals surface area contributed by atoms with Gasteiger partial charge in [0.05, 0.1) is 5.97 Å². The van der Waals surface area contributed by atoms with Gasteiger partial charge >= 0.3 is 0 Å². The van der Waals surface area contributed by atoms with Crippen molar-refractivity contribution >= 4 is 35.4 Å². The molecule has 1 aromatic heterocycles. The standard InChI is InChI=1S/C20H13ClN2O4S/c1-2-11-26-16-6-4-3-5-14(16)12-17(19(24)25)28-20-23-22-18(27-20)13-7-9-15(21)10-8-13/h1,3-10,12H,11H2,(H,24,25)/p-1/b17-12-. The van der Waals surface area contributed by atoms with Crippen LogP contribution in [0.3, 0.4) is 0 Å². The van der Waals surface area contributed by atoms with Crippen molar-refractivity contribution in [3.8, 4) is 29.5 Å². The van der Waals surface area contributed by atoms with Gasteiger partial charge in [0.15, 0.2) is 0 Å². The number of carbonyl (C=O) groups is 1. The van der Waals surface area contributed by atoms with Gasteiger partial charge in [-0.25, -0.2) is 0 Å². The van der Waals surface area contributed by atoms with Crippen molar-refractivity contribution in [2.45, 2.75) is 5.22 Å². The molecule has 3 rings (SSSR count). The minimum atomic E-state index is -1.39. The Morgan fingerprint density at radius 3 is 2.71 bits per heavy atom. The zero-order valence-corrected chi connectivity index (χ0v) is 15.9. The predicted octanol–water partition coefficient (Wildman–Crippen LogP) is 3.29. The summed E-state index contributed by atoms with van der Waals surface area (Å²) >= 11 is 6.64. The third-order valence-electron chi connectivity index (χ3n) is 3.41. The SMILES string of the molecule is C#CCOc1ccccc1/C=C(\Sc1nnc(-c2ccc(Cl)cc2)o1)C(=O)[O-]. The molecule has 28 heavy (non-hydrogen) atoms. The second-order valence-corrected chi connectivity index (χ2v) is 6.74. The molecule has 140 valence electrons. The fourth-order valence-electron chi connectivity index (χ4n) is 2.18. The third kappa shape index (κ3) is 4.94. The number of terminal acetylenes is 1. The molecule has 3 aromatic rings. The number of rotatable bonds is 7. The number of nitrogens with zero attached hydrogens (tertiary/aromatic N) is 2. The molecule has 0 saturated heterocycles.